The number of nitrogens with zero attached hydrogens (tertiary/aromatic N) is 1. The molecular weight excluding hydrogens is 390 g/mol. The van der Waals surface area contributed by atoms with Crippen molar-refractivity contribution in [1.82, 2.24) is 4.90 Å². The van der Waals surface area contributed by atoms with Gasteiger partial charge in [0, 0.05) is 29.3 Å². The summed E-state index contributed by atoms with van der Waals surface area (Å²) in [5, 5.41) is 12.9. The summed E-state index contributed by atoms with van der Waals surface area (Å²) in [6, 6.07) is 10.3. The molecule has 0 aliphatic carbocycles. The van der Waals surface area contributed by atoms with Gasteiger partial charge in [-0.1, -0.05) is 12.1 Å². The van der Waals surface area contributed by atoms with Crippen LogP contribution in [0.5, 0.6) is 23.0 Å². The van der Waals surface area contributed by atoms with Gasteiger partial charge >= 0.3 is 0 Å². The zero-order valence-electron chi connectivity index (χ0n) is 19.4. The number of methoxy groups -OCH3 is 3. The van der Waals surface area contributed by atoms with Crippen LogP contribution in [0.15, 0.2) is 30.3 Å². The molecule has 0 aromatic heterocycles. The highest BCUT2D eigenvalue weighted by Gasteiger charge is 2.33. The number of hydrogen-bond acceptors (Lipinski definition) is 5. The second-order valence-corrected chi connectivity index (χ2v) is 8.41. The standard InChI is InChI=1S/C26H31NO4/c1-14-11-21(30-6)25-17(9-8-10-20(25)29-5)23(14)26-18-12-15(2)27(4)16(3)24(18)19(28)13-22(26)31-7/h8-11,13,15-16,28H,12H2,1-7H3/t15-,16+/m0/s1. The lowest BCUT2D eigenvalue weighted by molar-refractivity contribution is 0.176. The van der Waals surface area contributed by atoms with E-state index in [0.29, 0.717) is 11.8 Å². The van der Waals surface area contributed by atoms with Gasteiger partial charge in [-0.2, -0.15) is 0 Å². The molecule has 0 radical (unpaired) electrons. The van der Waals surface area contributed by atoms with E-state index in [-0.39, 0.29) is 11.8 Å². The molecule has 0 bridgehead atoms. The average Bonchev–Trinajstić information content (AvgIpc) is 2.76. The summed E-state index contributed by atoms with van der Waals surface area (Å²) in [7, 11) is 7.13. The van der Waals surface area contributed by atoms with E-state index in [9.17, 15) is 5.11 Å². The zero-order valence-corrected chi connectivity index (χ0v) is 19.4. The number of fused-ring (bicyclic) bond motifs is 2. The molecule has 164 valence electrons. The fourth-order valence-corrected chi connectivity index (χ4v) is 5.06. The summed E-state index contributed by atoms with van der Waals surface area (Å²) in [4.78, 5) is 2.31. The van der Waals surface area contributed by atoms with Gasteiger partial charge in [0.2, 0.25) is 0 Å². The van der Waals surface area contributed by atoms with E-state index < -0.39 is 0 Å². The van der Waals surface area contributed by atoms with Gasteiger partial charge in [0.15, 0.2) is 0 Å². The molecule has 5 heteroatoms. The molecule has 5 nitrogen and oxygen atoms in total. The number of hydrogen-bond donors (Lipinski definition) is 1. The van der Waals surface area contributed by atoms with E-state index in [2.05, 4.69) is 44.9 Å². The largest absolute Gasteiger partial charge is 0.507 e. The second kappa shape index (κ2) is 7.97. The van der Waals surface area contributed by atoms with Gasteiger partial charge in [-0.3, -0.25) is 4.90 Å². The van der Waals surface area contributed by atoms with E-state index in [1.54, 1.807) is 27.4 Å². The molecule has 1 N–H and O–H groups in total. The highest BCUT2D eigenvalue weighted by atomic mass is 16.5. The predicted octanol–water partition coefficient (Wildman–Crippen LogP) is 5.48. The first-order valence-electron chi connectivity index (χ1n) is 10.6. The van der Waals surface area contributed by atoms with Gasteiger partial charge in [0.05, 0.1) is 26.7 Å². The van der Waals surface area contributed by atoms with Crippen LogP contribution in [-0.4, -0.2) is 44.4 Å². The van der Waals surface area contributed by atoms with Crippen molar-refractivity contribution in [2.75, 3.05) is 28.4 Å². The van der Waals surface area contributed by atoms with Gasteiger partial charge < -0.3 is 19.3 Å². The van der Waals surface area contributed by atoms with Crippen molar-refractivity contribution in [1.29, 1.82) is 0 Å². The SMILES string of the molecule is COc1cc(O)c2c(c1-c1c(C)cc(OC)c3c(OC)cccc13)C[C@H](C)N(C)[C@@H]2C. The van der Waals surface area contributed by atoms with Crippen LogP contribution in [-0.2, 0) is 6.42 Å². The number of benzene rings is 3. The minimum absolute atomic E-state index is 0.0998. The number of ether oxygens (including phenoxy) is 3. The van der Waals surface area contributed by atoms with Crippen LogP contribution < -0.4 is 14.2 Å². The van der Waals surface area contributed by atoms with Crippen LogP contribution in [0.1, 0.15) is 36.6 Å². The summed E-state index contributed by atoms with van der Waals surface area (Å²) >= 11 is 0. The van der Waals surface area contributed by atoms with Crippen LogP contribution in [0.2, 0.25) is 0 Å². The van der Waals surface area contributed by atoms with E-state index >= 15 is 0 Å². The molecule has 0 saturated heterocycles. The number of rotatable bonds is 4. The number of aryl methyl sites for hydroxylation is 1. The summed E-state index contributed by atoms with van der Waals surface area (Å²) in [5.41, 5.74) is 5.34. The molecule has 0 fully saturated rings. The number of likely N-dealkylation sites (N-methyl/N-ethyl adjacent to an activating group) is 1. The van der Waals surface area contributed by atoms with Crippen LogP contribution >= 0.6 is 0 Å². The van der Waals surface area contributed by atoms with Gasteiger partial charge in [-0.05, 0) is 68.4 Å². The van der Waals surface area contributed by atoms with Crippen LogP contribution in [0.3, 0.4) is 0 Å². The minimum Gasteiger partial charge on any atom is -0.507 e. The first kappa shape index (κ1) is 21.3. The van der Waals surface area contributed by atoms with Crippen molar-refractivity contribution < 1.29 is 19.3 Å². The third-order valence-electron chi connectivity index (χ3n) is 6.83. The summed E-state index contributed by atoms with van der Waals surface area (Å²) in [6.07, 6.45) is 0.827. The van der Waals surface area contributed by atoms with Crippen molar-refractivity contribution in [2.24, 2.45) is 0 Å². The Kier molecular flexibility index (Phi) is 5.48. The van der Waals surface area contributed by atoms with Crippen LogP contribution in [0.25, 0.3) is 21.9 Å². The highest BCUT2D eigenvalue weighted by molar-refractivity contribution is 6.06. The fourth-order valence-electron chi connectivity index (χ4n) is 5.06. The average molecular weight is 422 g/mol. The van der Waals surface area contributed by atoms with Gasteiger partial charge in [0.1, 0.15) is 23.0 Å². The summed E-state index contributed by atoms with van der Waals surface area (Å²) < 4.78 is 17.2. The van der Waals surface area contributed by atoms with E-state index in [0.717, 1.165) is 56.5 Å². The third-order valence-corrected chi connectivity index (χ3v) is 6.83. The molecule has 1 aliphatic rings. The maximum atomic E-state index is 10.9. The molecule has 31 heavy (non-hydrogen) atoms. The number of aromatic hydroxyl groups is 1. The molecule has 0 unspecified atom stereocenters. The molecule has 4 rings (SSSR count). The first-order chi connectivity index (χ1) is 14.8. The molecule has 2 atom stereocenters. The molecule has 3 aromatic rings. The lowest BCUT2D eigenvalue weighted by Gasteiger charge is -2.39. The van der Waals surface area contributed by atoms with Crippen molar-refractivity contribution >= 4 is 10.8 Å². The van der Waals surface area contributed by atoms with E-state index in [1.807, 2.05) is 12.1 Å². The fraction of sp³-hybridized carbons (Fsp3) is 0.385. The lowest BCUT2D eigenvalue weighted by atomic mass is 9.81. The normalized spacial score (nSPS) is 18.7. The zero-order chi connectivity index (χ0) is 22.4. The minimum atomic E-state index is 0.0998. The van der Waals surface area contributed by atoms with Crippen molar-refractivity contribution in [3.05, 3.63) is 47.0 Å². The Labute approximate surface area is 184 Å². The first-order valence-corrected chi connectivity index (χ1v) is 10.6. The molecule has 0 amide bonds. The molecule has 1 aliphatic heterocycles. The van der Waals surface area contributed by atoms with Crippen LogP contribution in [0.4, 0.5) is 0 Å². The summed E-state index contributed by atoms with van der Waals surface area (Å²) in [5.74, 6) is 2.51. The predicted molar refractivity (Wildman–Crippen MR) is 125 cm³/mol. The second-order valence-electron chi connectivity index (χ2n) is 8.41. The van der Waals surface area contributed by atoms with E-state index in [4.69, 9.17) is 14.2 Å². The van der Waals surface area contributed by atoms with Crippen molar-refractivity contribution in [2.45, 2.75) is 39.3 Å². The van der Waals surface area contributed by atoms with Gasteiger partial charge in [-0.15, -0.1) is 0 Å². The Morgan fingerprint density at radius 3 is 2.26 bits per heavy atom. The highest BCUT2D eigenvalue weighted by Crippen LogP contribution is 2.51. The van der Waals surface area contributed by atoms with Crippen LogP contribution in [0, 0.1) is 6.92 Å². The molecule has 0 spiro atoms. The Hall–Kier alpha value is -2.92. The van der Waals surface area contributed by atoms with E-state index in [1.165, 1.54) is 0 Å². The molecular formula is C26H31NO4. The van der Waals surface area contributed by atoms with Gasteiger partial charge in [-0.25, -0.2) is 0 Å². The Morgan fingerprint density at radius 2 is 1.61 bits per heavy atom. The topological polar surface area (TPSA) is 51.2 Å². The smallest absolute Gasteiger partial charge is 0.130 e. The number of phenolic OH excluding ortho intramolecular Hbond substituents is 1. The third kappa shape index (κ3) is 3.19. The van der Waals surface area contributed by atoms with Crippen molar-refractivity contribution in [3.8, 4) is 34.1 Å². The Morgan fingerprint density at radius 1 is 0.935 bits per heavy atom. The van der Waals surface area contributed by atoms with Crippen molar-refractivity contribution in [3.63, 3.8) is 0 Å². The maximum Gasteiger partial charge on any atom is 0.130 e. The monoisotopic (exact) mass is 421 g/mol. The Balaban J connectivity index is 2.16. The molecule has 0 saturated carbocycles. The number of phenols is 1. The molecule has 3 aromatic carbocycles. The molecule has 1 heterocycles. The van der Waals surface area contributed by atoms with Gasteiger partial charge in [0.25, 0.3) is 0 Å². The lowest BCUT2D eigenvalue weighted by Crippen LogP contribution is -2.38. The quantitative estimate of drug-likeness (QED) is 0.604. The maximum absolute atomic E-state index is 10.9. The summed E-state index contributed by atoms with van der Waals surface area (Å²) in [6.45, 7) is 6.46. The Bertz CT molecular complexity index is 1150.